The van der Waals surface area contributed by atoms with E-state index < -0.39 is 18.1 Å². The van der Waals surface area contributed by atoms with E-state index in [1.165, 1.54) is 30.6 Å². The zero-order valence-corrected chi connectivity index (χ0v) is 37.2. The van der Waals surface area contributed by atoms with E-state index in [4.69, 9.17) is 16.3 Å². The van der Waals surface area contributed by atoms with Crippen LogP contribution in [0.4, 0.5) is 37.8 Å². The van der Waals surface area contributed by atoms with Crippen LogP contribution in [0, 0.1) is 0 Å². The largest absolute Gasteiger partial charge is 0.573 e. The van der Waals surface area contributed by atoms with E-state index in [-0.39, 0.29) is 29.2 Å². The lowest BCUT2D eigenvalue weighted by molar-refractivity contribution is -0.274. The molecule has 0 atom stereocenters. The van der Waals surface area contributed by atoms with E-state index in [2.05, 4.69) is 52.3 Å². The summed E-state index contributed by atoms with van der Waals surface area (Å²) in [6, 6.07) is 27.9. The van der Waals surface area contributed by atoms with Gasteiger partial charge in [0.2, 0.25) is 5.88 Å². The van der Waals surface area contributed by atoms with Gasteiger partial charge in [-0.15, -0.1) is 24.5 Å². The third-order valence-electron chi connectivity index (χ3n) is 10.9. The van der Waals surface area contributed by atoms with Crippen molar-refractivity contribution in [1.29, 1.82) is 0 Å². The predicted molar refractivity (Wildman–Crippen MR) is 245 cm³/mol. The molecule has 19 heteroatoms. The summed E-state index contributed by atoms with van der Waals surface area (Å²) < 4.78 is 87.6. The van der Waals surface area contributed by atoms with Gasteiger partial charge in [0.1, 0.15) is 35.0 Å². The number of nitrogens with one attached hydrogen (secondary N) is 2. The molecule has 0 spiro atoms. The van der Waals surface area contributed by atoms with E-state index in [1.54, 1.807) is 64.5 Å². The van der Waals surface area contributed by atoms with Gasteiger partial charge < -0.3 is 25.0 Å². The van der Waals surface area contributed by atoms with Crippen molar-refractivity contribution in [2.75, 3.05) is 23.3 Å². The smallest absolute Gasteiger partial charge is 0.439 e. The number of benzene rings is 3. The quantitative estimate of drug-likeness (QED) is 0.115. The summed E-state index contributed by atoms with van der Waals surface area (Å²) in [6.07, 6.45) is -1.86. The van der Waals surface area contributed by atoms with Crippen molar-refractivity contribution in [3.63, 3.8) is 0 Å². The molecule has 8 aromatic rings. The van der Waals surface area contributed by atoms with E-state index in [0.29, 0.717) is 35.9 Å². The number of piperidine rings is 1. The molecule has 346 valence electrons. The lowest BCUT2D eigenvalue weighted by Gasteiger charge is -2.34. The van der Waals surface area contributed by atoms with Gasteiger partial charge in [0.25, 0.3) is 5.91 Å². The van der Waals surface area contributed by atoms with Crippen molar-refractivity contribution in [2.45, 2.75) is 57.7 Å². The molecule has 11 nitrogen and oxygen atoms in total. The summed E-state index contributed by atoms with van der Waals surface area (Å²) in [6.45, 7) is 4.52. The van der Waals surface area contributed by atoms with Gasteiger partial charge in [-0.1, -0.05) is 54.9 Å². The van der Waals surface area contributed by atoms with Crippen molar-refractivity contribution in [2.24, 2.45) is 0 Å². The fourth-order valence-electron chi connectivity index (χ4n) is 7.59. The van der Waals surface area contributed by atoms with Crippen molar-refractivity contribution < 1.29 is 40.6 Å². The number of amides is 1. The minimum atomic E-state index is -4.68. The van der Waals surface area contributed by atoms with Crippen molar-refractivity contribution >= 4 is 56.2 Å². The number of carbonyl (C=O) groups is 1. The van der Waals surface area contributed by atoms with Crippen LogP contribution in [-0.2, 0) is 25.7 Å². The second kappa shape index (κ2) is 20.3. The molecule has 1 amide bonds. The highest BCUT2D eigenvalue weighted by atomic mass is 35.5. The maximum Gasteiger partial charge on any atom is 0.573 e. The summed E-state index contributed by atoms with van der Waals surface area (Å²) in [5.41, 5.74) is 5.99. The molecule has 0 radical (unpaired) electrons. The highest BCUT2D eigenvalue weighted by Gasteiger charge is 2.32. The molecule has 9 rings (SSSR count). The van der Waals surface area contributed by atoms with E-state index in [1.807, 2.05) is 30.5 Å². The number of fused-ring (bicyclic) bond motifs is 2. The Balaban J connectivity index is 0.000000192. The van der Waals surface area contributed by atoms with Crippen LogP contribution < -0.4 is 25.0 Å². The molecule has 2 N–H and O–H groups in total. The van der Waals surface area contributed by atoms with Crippen molar-refractivity contribution in [1.82, 2.24) is 29.7 Å². The van der Waals surface area contributed by atoms with Gasteiger partial charge in [-0.25, -0.2) is 19.9 Å². The molecule has 5 aromatic heterocycles. The third-order valence-corrected chi connectivity index (χ3v) is 12.1. The molecule has 0 bridgehead atoms. The summed E-state index contributed by atoms with van der Waals surface area (Å²) >= 11 is 7.69. The third kappa shape index (κ3) is 11.9. The Hall–Kier alpha value is -6.92. The molecule has 0 unspecified atom stereocenters. The molecule has 67 heavy (non-hydrogen) atoms. The van der Waals surface area contributed by atoms with Crippen LogP contribution in [0.15, 0.2) is 127 Å². The number of ether oxygens (including phenoxy) is 2. The van der Waals surface area contributed by atoms with Gasteiger partial charge in [-0.2, -0.15) is 13.2 Å². The number of halogens is 7. The molecule has 1 fully saturated rings. The monoisotopic (exact) mass is 958 g/mol. The number of hydrogen-bond donors (Lipinski definition) is 2. The van der Waals surface area contributed by atoms with Gasteiger partial charge in [0.05, 0.1) is 26.5 Å². The highest BCUT2D eigenvalue weighted by Crippen LogP contribution is 2.34. The topological polar surface area (TPSA) is 119 Å². The lowest BCUT2D eigenvalue weighted by Crippen LogP contribution is -2.32. The molecular formula is C48H41ClF6N8O3S. The van der Waals surface area contributed by atoms with Crippen LogP contribution in [0.1, 0.15) is 64.1 Å². The number of imidazole rings is 1. The Morgan fingerprint density at radius 3 is 2.31 bits per heavy atom. The Labute approximate surface area is 389 Å². The fourth-order valence-corrected chi connectivity index (χ4v) is 8.56. The molecule has 0 aliphatic carbocycles. The molecule has 6 heterocycles. The zero-order chi connectivity index (χ0) is 47.1. The number of hydrogen-bond acceptors (Lipinski definition) is 10. The molecule has 1 aliphatic heterocycles. The normalized spacial score (nSPS) is 13.3. The molecular weight excluding hydrogens is 918 g/mol. The van der Waals surface area contributed by atoms with E-state index in [9.17, 15) is 31.1 Å². The van der Waals surface area contributed by atoms with Gasteiger partial charge in [0.15, 0.2) is 0 Å². The van der Waals surface area contributed by atoms with E-state index >= 15 is 0 Å². The molecule has 1 saturated heterocycles. The van der Waals surface area contributed by atoms with E-state index in [0.717, 1.165) is 82.2 Å². The summed E-state index contributed by atoms with van der Waals surface area (Å²) in [5, 5.41) is 8.72. The summed E-state index contributed by atoms with van der Waals surface area (Å²) in [4.78, 5) is 32.5. The molecule has 3 aromatic carbocycles. The SMILES string of the molecule is CCc1nc2ccc(Cl)cn2c1C(=O)NCc1ccc(N2CCC(c3ccc(OC(F)(F)F)cc3)CC2)cc1.FC(F)(F)c1cccc(Oc2ccc(CNc3ncnc4ccsc34)cn2)c1. The Morgan fingerprint density at radius 1 is 0.851 bits per heavy atom. The first kappa shape index (κ1) is 46.6. The average Bonchev–Trinajstić information content (AvgIpc) is 3.96. The Bertz CT molecular complexity index is 2940. The van der Waals surface area contributed by atoms with Crippen LogP contribution in [0.3, 0.4) is 0 Å². The van der Waals surface area contributed by atoms with Crippen molar-refractivity contribution in [3.8, 4) is 17.4 Å². The first-order valence-corrected chi connectivity index (χ1v) is 22.3. The number of aryl methyl sites for hydroxylation is 1. The molecule has 0 saturated carbocycles. The first-order valence-electron chi connectivity index (χ1n) is 21.1. The number of rotatable bonds is 12. The van der Waals surface area contributed by atoms with Gasteiger partial charge in [-0.3, -0.25) is 9.20 Å². The minimum Gasteiger partial charge on any atom is -0.439 e. The highest BCUT2D eigenvalue weighted by molar-refractivity contribution is 7.17. The number of alkyl halides is 6. The van der Waals surface area contributed by atoms with Crippen LogP contribution in [0.25, 0.3) is 15.9 Å². The number of aromatic nitrogens is 5. The van der Waals surface area contributed by atoms with Crippen LogP contribution in [-0.4, -0.2) is 49.7 Å². The van der Waals surface area contributed by atoms with Crippen LogP contribution in [0.5, 0.6) is 17.4 Å². The summed E-state index contributed by atoms with van der Waals surface area (Å²) in [5.74, 6) is 0.919. The number of pyridine rings is 2. The minimum absolute atomic E-state index is 0.0780. The number of carbonyl (C=O) groups excluding carboxylic acids is 1. The first-order chi connectivity index (χ1) is 32.2. The Morgan fingerprint density at radius 2 is 1.61 bits per heavy atom. The number of nitrogens with zero attached hydrogens (tertiary/aromatic N) is 6. The molecule has 1 aliphatic rings. The second-order valence-electron chi connectivity index (χ2n) is 15.4. The zero-order valence-electron chi connectivity index (χ0n) is 35.6. The summed E-state index contributed by atoms with van der Waals surface area (Å²) in [7, 11) is 0. The van der Waals surface area contributed by atoms with Gasteiger partial charge in [-0.05, 0) is 108 Å². The Kier molecular flexibility index (Phi) is 14.1. The van der Waals surface area contributed by atoms with Gasteiger partial charge >= 0.3 is 12.5 Å². The maximum absolute atomic E-state index is 13.0. The fraction of sp³-hybridized carbons (Fsp3) is 0.229. The van der Waals surface area contributed by atoms with Gasteiger partial charge in [0, 0.05) is 50.3 Å². The number of anilines is 2. The maximum atomic E-state index is 13.0. The van der Waals surface area contributed by atoms with Crippen molar-refractivity contribution in [3.05, 3.63) is 166 Å². The van der Waals surface area contributed by atoms with Crippen LogP contribution in [0.2, 0.25) is 5.02 Å². The standard InChI is InChI=1S/C29H28ClF3N4O2.C19H13F3N4OS/c1-2-25-27(37-18-22(30)7-12-26(37)35-25)28(38)34-17-19-3-8-23(9-4-19)36-15-13-21(14-16-36)20-5-10-24(11-6-20)39-29(31,32)33;20-19(21,22)13-2-1-3-14(8-13)27-16-5-4-12(9-23-16)10-24-18-17-15(6-7-28-17)25-11-26-18/h3-12,18,21H,2,13-17H2,1H3,(H,34,38);1-9,11H,10H2,(H,24,25,26). The average molecular weight is 959 g/mol. The predicted octanol–water partition coefficient (Wildman–Crippen LogP) is 12.3. The van der Waals surface area contributed by atoms with Crippen LogP contribution >= 0.6 is 22.9 Å². The number of thiophene rings is 1. The second-order valence-corrected chi connectivity index (χ2v) is 16.8. The lowest BCUT2D eigenvalue weighted by atomic mass is 9.89.